The molecule has 1 unspecified atom stereocenters. The van der Waals surface area contributed by atoms with E-state index in [1.54, 1.807) is 0 Å². The molecule has 1 atom stereocenters. The van der Waals surface area contributed by atoms with Crippen LogP contribution in [0.25, 0.3) is 0 Å². The van der Waals surface area contributed by atoms with E-state index in [9.17, 15) is 8.78 Å². The van der Waals surface area contributed by atoms with Crippen LogP contribution < -0.4 is 5.32 Å². The van der Waals surface area contributed by atoms with Gasteiger partial charge >= 0.3 is 0 Å². The van der Waals surface area contributed by atoms with E-state index in [1.165, 1.54) is 18.2 Å². The summed E-state index contributed by atoms with van der Waals surface area (Å²) in [6.07, 6.45) is 1.65. The second kappa shape index (κ2) is 7.35. The Balaban J connectivity index is 2.45. The summed E-state index contributed by atoms with van der Waals surface area (Å²) in [5.41, 5.74) is 0.0753. The van der Waals surface area contributed by atoms with Crippen LogP contribution >= 0.6 is 0 Å². The molecular weight excluding hydrogens is 224 g/mol. The Labute approximate surface area is 101 Å². The molecule has 2 N–H and O–H groups in total. The molecule has 2 nitrogen and oxygen atoms in total. The largest absolute Gasteiger partial charge is 0.396 e. The lowest BCUT2D eigenvalue weighted by Crippen LogP contribution is -2.23. The van der Waals surface area contributed by atoms with E-state index in [0.717, 1.165) is 6.42 Å². The Bertz CT molecular complexity index is 324. The molecule has 0 spiro atoms. The Morgan fingerprint density at radius 2 is 1.94 bits per heavy atom. The fourth-order valence-corrected chi connectivity index (χ4v) is 1.74. The molecule has 0 aromatic heterocycles. The minimum Gasteiger partial charge on any atom is -0.396 e. The molecule has 0 amide bonds. The van der Waals surface area contributed by atoms with Crippen molar-refractivity contribution in [1.82, 2.24) is 5.32 Å². The number of rotatable bonds is 7. The number of hydrogen-bond acceptors (Lipinski definition) is 2. The van der Waals surface area contributed by atoms with Crippen molar-refractivity contribution in [3.05, 3.63) is 35.4 Å². The van der Waals surface area contributed by atoms with Gasteiger partial charge in [-0.25, -0.2) is 8.78 Å². The summed E-state index contributed by atoms with van der Waals surface area (Å²) < 4.78 is 26.6. The van der Waals surface area contributed by atoms with Crippen molar-refractivity contribution in [2.75, 3.05) is 13.2 Å². The van der Waals surface area contributed by atoms with Crippen LogP contribution in [0.1, 0.15) is 25.3 Å². The maximum atomic E-state index is 13.3. The maximum Gasteiger partial charge on any atom is 0.130 e. The highest BCUT2D eigenvalue weighted by Gasteiger charge is 2.09. The predicted molar refractivity (Wildman–Crippen MR) is 63.5 cm³/mol. The van der Waals surface area contributed by atoms with E-state index >= 15 is 0 Å². The predicted octanol–water partition coefficient (Wildman–Crippen LogP) is 2.46. The monoisotopic (exact) mass is 243 g/mol. The van der Waals surface area contributed by atoms with Crippen LogP contribution in [0.4, 0.5) is 8.78 Å². The summed E-state index contributed by atoms with van der Waals surface area (Å²) in [6.45, 7) is 3.02. The van der Waals surface area contributed by atoms with Gasteiger partial charge in [0, 0.05) is 18.7 Å². The van der Waals surface area contributed by atoms with Gasteiger partial charge in [0.15, 0.2) is 0 Å². The number of halogens is 2. The molecule has 1 rings (SSSR count). The van der Waals surface area contributed by atoms with Gasteiger partial charge in [0.2, 0.25) is 0 Å². The minimum atomic E-state index is -0.521. The molecule has 17 heavy (non-hydrogen) atoms. The zero-order chi connectivity index (χ0) is 12.7. The van der Waals surface area contributed by atoms with Crippen LogP contribution in [0.3, 0.4) is 0 Å². The van der Waals surface area contributed by atoms with Crippen molar-refractivity contribution in [1.29, 1.82) is 0 Å². The lowest BCUT2D eigenvalue weighted by Gasteiger charge is -2.14. The third-order valence-electron chi connectivity index (χ3n) is 2.91. The van der Waals surface area contributed by atoms with Crippen molar-refractivity contribution in [2.45, 2.75) is 26.3 Å². The molecule has 0 fully saturated rings. The molecular formula is C13H19F2NO. The van der Waals surface area contributed by atoms with Crippen LogP contribution in [0, 0.1) is 17.6 Å². The number of benzene rings is 1. The van der Waals surface area contributed by atoms with E-state index in [2.05, 4.69) is 5.32 Å². The van der Waals surface area contributed by atoms with Crippen molar-refractivity contribution in [3.8, 4) is 0 Å². The van der Waals surface area contributed by atoms with Gasteiger partial charge in [-0.3, -0.25) is 0 Å². The third-order valence-corrected chi connectivity index (χ3v) is 2.91. The summed E-state index contributed by atoms with van der Waals surface area (Å²) in [5.74, 6) is -0.699. The first-order chi connectivity index (χ1) is 8.19. The highest BCUT2D eigenvalue weighted by Crippen LogP contribution is 2.12. The number of aliphatic hydroxyl groups excluding tert-OH is 1. The highest BCUT2D eigenvalue weighted by molar-refractivity contribution is 5.19. The fraction of sp³-hybridized carbons (Fsp3) is 0.538. The van der Waals surface area contributed by atoms with Crippen molar-refractivity contribution < 1.29 is 13.9 Å². The van der Waals surface area contributed by atoms with Crippen LogP contribution in [-0.2, 0) is 6.54 Å². The second-order valence-electron chi connectivity index (χ2n) is 4.12. The molecule has 0 aliphatic rings. The average molecular weight is 243 g/mol. The first-order valence-corrected chi connectivity index (χ1v) is 5.93. The van der Waals surface area contributed by atoms with Crippen molar-refractivity contribution in [3.63, 3.8) is 0 Å². The molecule has 0 heterocycles. The number of hydrogen-bond donors (Lipinski definition) is 2. The Morgan fingerprint density at radius 1 is 1.29 bits per heavy atom. The van der Waals surface area contributed by atoms with Crippen LogP contribution in [0.15, 0.2) is 18.2 Å². The van der Waals surface area contributed by atoms with Gasteiger partial charge in [-0.2, -0.15) is 0 Å². The Morgan fingerprint density at radius 3 is 2.47 bits per heavy atom. The van der Waals surface area contributed by atoms with Crippen molar-refractivity contribution >= 4 is 0 Å². The molecule has 0 bridgehead atoms. The molecule has 96 valence electrons. The van der Waals surface area contributed by atoms with E-state index < -0.39 is 11.6 Å². The van der Waals surface area contributed by atoms with Gasteiger partial charge in [-0.1, -0.05) is 19.4 Å². The molecule has 1 aromatic carbocycles. The van der Waals surface area contributed by atoms with Gasteiger partial charge in [-0.05, 0) is 31.0 Å². The zero-order valence-corrected chi connectivity index (χ0v) is 10.0. The number of nitrogens with one attached hydrogen (secondary N) is 1. The smallest absolute Gasteiger partial charge is 0.130 e. The first kappa shape index (κ1) is 14.1. The Kier molecular flexibility index (Phi) is 6.08. The quantitative estimate of drug-likeness (QED) is 0.771. The van der Waals surface area contributed by atoms with Crippen LogP contribution in [0.5, 0.6) is 0 Å². The van der Waals surface area contributed by atoms with Gasteiger partial charge in [0.25, 0.3) is 0 Å². The van der Waals surface area contributed by atoms with Gasteiger partial charge in [-0.15, -0.1) is 0 Å². The van der Waals surface area contributed by atoms with E-state index in [0.29, 0.717) is 18.9 Å². The van der Waals surface area contributed by atoms with E-state index in [1.807, 2.05) is 6.92 Å². The highest BCUT2D eigenvalue weighted by atomic mass is 19.1. The van der Waals surface area contributed by atoms with Gasteiger partial charge < -0.3 is 10.4 Å². The molecule has 1 aromatic rings. The molecule has 0 saturated carbocycles. The summed E-state index contributed by atoms with van der Waals surface area (Å²) in [7, 11) is 0. The molecule has 0 radical (unpaired) electrons. The summed E-state index contributed by atoms with van der Waals surface area (Å²) in [4.78, 5) is 0. The lowest BCUT2D eigenvalue weighted by atomic mass is 10.0. The maximum absolute atomic E-state index is 13.3. The summed E-state index contributed by atoms with van der Waals surface area (Å²) in [6, 6.07) is 3.87. The fourth-order valence-electron chi connectivity index (χ4n) is 1.74. The number of aliphatic hydroxyl groups is 1. The van der Waals surface area contributed by atoms with Gasteiger partial charge in [0.1, 0.15) is 11.6 Å². The zero-order valence-electron chi connectivity index (χ0n) is 10.0. The lowest BCUT2D eigenvalue weighted by molar-refractivity contribution is 0.251. The third kappa shape index (κ3) is 4.40. The van der Waals surface area contributed by atoms with Gasteiger partial charge in [0.05, 0.1) is 0 Å². The van der Waals surface area contributed by atoms with Crippen molar-refractivity contribution in [2.24, 2.45) is 5.92 Å². The molecule has 4 heteroatoms. The summed E-state index contributed by atoms with van der Waals surface area (Å²) >= 11 is 0. The first-order valence-electron chi connectivity index (χ1n) is 5.93. The normalized spacial score (nSPS) is 12.7. The van der Waals surface area contributed by atoms with Crippen LogP contribution in [0.2, 0.25) is 0 Å². The van der Waals surface area contributed by atoms with E-state index in [-0.39, 0.29) is 18.7 Å². The SMILES string of the molecule is CCC(CCO)CNCc1c(F)cccc1F. The Hall–Kier alpha value is -1.00. The summed E-state index contributed by atoms with van der Waals surface area (Å²) in [5, 5.41) is 11.9. The van der Waals surface area contributed by atoms with Crippen LogP contribution in [-0.4, -0.2) is 18.3 Å². The standard InChI is InChI=1S/C13H19F2NO/c1-2-10(6-7-17)8-16-9-11-12(14)4-3-5-13(11)15/h3-5,10,16-17H,2,6-9H2,1H3. The second-order valence-corrected chi connectivity index (χ2v) is 4.12. The van der Waals surface area contributed by atoms with E-state index in [4.69, 9.17) is 5.11 Å². The molecule has 0 saturated heterocycles. The average Bonchev–Trinajstić information content (AvgIpc) is 2.31. The minimum absolute atomic E-state index is 0.0753. The topological polar surface area (TPSA) is 32.3 Å². The molecule has 0 aliphatic carbocycles. The molecule has 0 aliphatic heterocycles.